The summed E-state index contributed by atoms with van der Waals surface area (Å²) < 4.78 is 2.44. The SMILES string of the molecule is Cc1nc2ccc(C(=O)Nc3cc(Br)ccc3-n3cncn3)cc2nc1C. The number of hydrogen-bond donors (Lipinski definition) is 1. The Morgan fingerprint density at radius 3 is 2.56 bits per heavy atom. The van der Waals surface area contributed by atoms with Gasteiger partial charge in [-0.05, 0) is 50.2 Å². The average Bonchev–Trinajstić information content (AvgIpc) is 3.17. The standard InChI is InChI=1S/C19H15BrN6O/c1-11-12(2)24-16-7-13(3-5-15(16)23-11)19(27)25-17-8-14(20)4-6-18(17)26-10-21-9-22-26/h3-10H,1-2H3,(H,25,27). The molecule has 7 nitrogen and oxygen atoms in total. The third kappa shape index (κ3) is 3.43. The first-order valence-corrected chi connectivity index (χ1v) is 9.01. The van der Waals surface area contributed by atoms with Crippen LogP contribution in [0.25, 0.3) is 16.7 Å². The highest BCUT2D eigenvalue weighted by molar-refractivity contribution is 9.10. The number of nitrogens with zero attached hydrogens (tertiary/aromatic N) is 5. The van der Waals surface area contributed by atoms with Crippen molar-refractivity contribution in [3.8, 4) is 5.69 Å². The number of rotatable bonds is 3. The van der Waals surface area contributed by atoms with E-state index in [1.165, 1.54) is 6.33 Å². The Kier molecular flexibility index (Phi) is 4.41. The highest BCUT2D eigenvalue weighted by Crippen LogP contribution is 2.25. The van der Waals surface area contributed by atoms with Crippen molar-refractivity contribution in [1.29, 1.82) is 0 Å². The van der Waals surface area contributed by atoms with Crippen LogP contribution in [0.1, 0.15) is 21.7 Å². The average molecular weight is 423 g/mol. The van der Waals surface area contributed by atoms with Gasteiger partial charge in [-0.25, -0.2) is 19.6 Å². The van der Waals surface area contributed by atoms with Gasteiger partial charge in [-0.2, -0.15) is 5.10 Å². The summed E-state index contributed by atoms with van der Waals surface area (Å²) in [5.74, 6) is -0.239. The van der Waals surface area contributed by atoms with Gasteiger partial charge in [0, 0.05) is 10.0 Å². The van der Waals surface area contributed by atoms with Gasteiger partial charge in [0.25, 0.3) is 5.91 Å². The van der Waals surface area contributed by atoms with Crippen LogP contribution >= 0.6 is 15.9 Å². The topological polar surface area (TPSA) is 85.6 Å². The molecule has 4 rings (SSSR count). The Labute approximate surface area is 163 Å². The minimum Gasteiger partial charge on any atom is -0.320 e. The fourth-order valence-corrected chi connectivity index (χ4v) is 3.07. The zero-order chi connectivity index (χ0) is 19.0. The lowest BCUT2D eigenvalue weighted by Gasteiger charge is -2.12. The second kappa shape index (κ2) is 6.88. The molecule has 1 N–H and O–H groups in total. The summed E-state index contributed by atoms with van der Waals surface area (Å²) in [4.78, 5) is 25.8. The molecule has 0 unspecified atom stereocenters. The number of hydrogen-bond acceptors (Lipinski definition) is 5. The molecule has 2 aromatic heterocycles. The molecule has 0 saturated heterocycles. The molecule has 134 valence electrons. The Bertz CT molecular complexity index is 1160. The highest BCUT2D eigenvalue weighted by atomic mass is 79.9. The molecule has 4 aromatic rings. The number of amides is 1. The first kappa shape index (κ1) is 17.3. The van der Waals surface area contributed by atoms with E-state index < -0.39 is 0 Å². The van der Waals surface area contributed by atoms with Crippen LogP contribution in [0.5, 0.6) is 0 Å². The summed E-state index contributed by atoms with van der Waals surface area (Å²) in [6.45, 7) is 3.82. The molecule has 0 bridgehead atoms. The van der Waals surface area contributed by atoms with Crippen LogP contribution < -0.4 is 5.32 Å². The third-order valence-electron chi connectivity index (χ3n) is 4.21. The third-order valence-corrected chi connectivity index (χ3v) is 4.70. The molecule has 2 heterocycles. The quantitative estimate of drug-likeness (QED) is 0.541. The molecule has 2 aromatic carbocycles. The van der Waals surface area contributed by atoms with Gasteiger partial charge < -0.3 is 5.32 Å². The van der Waals surface area contributed by atoms with Gasteiger partial charge in [0.1, 0.15) is 12.7 Å². The number of halogens is 1. The summed E-state index contributed by atoms with van der Waals surface area (Å²) in [7, 11) is 0. The van der Waals surface area contributed by atoms with Crippen molar-refractivity contribution in [2.45, 2.75) is 13.8 Å². The predicted octanol–water partition coefficient (Wildman–Crippen LogP) is 3.84. The molecule has 0 aliphatic carbocycles. The zero-order valence-corrected chi connectivity index (χ0v) is 16.2. The van der Waals surface area contributed by atoms with E-state index in [2.05, 4.69) is 41.3 Å². The summed E-state index contributed by atoms with van der Waals surface area (Å²) in [5, 5.41) is 7.08. The van der Waals surface area contributed by atoms with Gasteiger partial charge >= 0.3 is 0 Å². The summed E-state index contributed by atoms with van der Waals surface area (Å²) in [6.07, 6.45) is 3.02. The van der Waals surface area contributed by atoms with Crippen molar-refractivity contribution < 1.29 is 4.79 Å². The molecule has 0 aliphatic heterocycles. The summed E-state index contributed by atoms with van der Waals surface area (Å²) in [5.41, 5.74) is 5.02. The van der Waals surface area contributed by atoms with Crippen LogP contribution in [0.4, 0.5) is 5.69 Å². The molecular weight excluding hydrogens is 408 g/mol. The van der Waals surface area contributed by atoms with E-state index in [9.17, 15) is 4.79 Å². The molecule has 0 saturated carbocycles. The molecule has 0 radical (unpaired) electrons. The van der Waals surface area contributed by atoms with Gasteiger partial charge in [-0.1, -0.05) is 15.9 Å². The second-order valence-electron chi connectivity index (χ2n) is 6.05. The highest BCUT2D eigenvalue weighted by Gasteiger charge is 2.13. The van der Waals surface area contributed by atoms with Crippen LogP contribution in [0, 0.1) is 13.8 Å². The molecular formula is C19H15BrN6O. The number of benzene rings is 2. The number of aryl methyl sites for hydroxylation is 2. The minimum absolute atomic E-state index is 0.239. The number of carbonyl (C=O) groups excluding carboxylic acids is 1. The fraction of sp³-hybridized carbons (Fsp3) is 0.105. The lowest BCUT2D eigenvalue weighted by Crippen LogP contribution is -2.14. The van der Waals surface area contributed by atoms with E-state index in [1.54, 1.807) is 23.1 Å². The summed E-state index contributed by atoms with van der Waals surface area (Å²) >= 11 is 3.44. The predicted molar refractivity (Wildman–Crippen MR) is 106 cm³/mol. The van der Waals surface area contributed by atoms with E-state index in [0.29, 0.717) is 16.8 Å². The maximum Gasteiger partial charge on any atom is 0.255 e. The first-order chi connectivity index (χ1) is 13.0. The Balaban J connectivity index is 1.70. The van der Waals surface area contributed by atoms with Crippen LogP contribution in [-0.4, -0.2) is 30.6 Å². The van der Waals surface area contributed by atoms with Crippen LogP contribution in [0.3, 0.4) is 0 Å². The first-order valence-electron chi connectivity index (χ1n) is 8.22. The fourth-order valence-electron chi connectivity index (χ4n) is 2.71. The Morgan fingerprint density at radius 2 is 1.81 bits per heavy atom. The molecule has 27 heavy (non-hydrogen) atoms. The number of carbonyl (C=O) groups is 1. The Hall–Kier alpha value is -3.13. The normalized spacial score (nSPS) is 10.9. The number of nitrogens with one attached hydrogen (secondary N) is 1. The van der Waals surface area contributed by atoms with Crippen molar-refractivity contribution in [1.82, 2.24) is 24.7 Å². The Morgan fingerprint density at radius 1 is 1.04 bits per heavy atom. The van der Waals surface area contributed by atoms with E-state index in [0.717, 1.165) is 27.1 Å². The number of aromatic nitrogens is 5. The maximum absolute atomic E-state index is 12.8. The number of fused-ring (bicyclic) bond motifs is 1. The lowest BCUT2D eigenvalue weighted by molar-refractivity contribution is 0.102. The largest absolute Gasteiger partial charge is 0.320 e. The van der Waals surface area contributed by atoms with Gasteiger partial charge in [0.2, 0.25) is 0 Å². The van der Waals surface area contributed by atoms with Crippen molar-refractivity contribution in [2.75, 3.05) is 5.32 Å². The van der Waals surface area contributed by atoms with Gasteiger partial charge in [0.15, 0.2) is 0 Å². The van der Waals surface area contributed by atoms with Crippen molar-refractivity contribution in [3.05, 3.63) is 70.5 Å². The van der Waals surface area contributed by atoms with Crippen LogP contribution in [-0.2, 0) is 0 Å². The van der Waals surface area contributed by atoms with Crippen LogP contribution in [0.15, 0.2) is 53.5 Å². The van der Waals surface area contributed by atoms with Gasteiger partial charge in [-0.3, -0.25) is 4.79 Å². The lowest BCUT2D eigenvalue weighted by atomic mass is 10.1. The van der Waals surface area contributed by atoms with Crippen LogP contribution in [0.2, 0.25) is 0 Å². The van der Waals surface area contributed by atoms with E-state index in [1.807, 2.05) is 38.1 Å². The zero-order valence-electron chi connectivity index (χ0n) is 14.6. The summed E-state index contributed by atoms with van der Waals surface area (Å²) in [6, 6.07) is 10.9. The molecule has 0 spiro atoms. The van der Waals surface area contributed by atoms with Gasteiger partial charge in [-0.15, -0.1) is 0 Å². The second-order valence-corrected chi connectivity index (χ2v) is 6.97. The molecule has 0 aliphatic rings. The van der Waals surface area contributed by atoms with Crippen molar-refractivity contribution in [3.63, 3.8) is 0 Å². The molecule has 1 amide bonds. The van der Waals surface area contributed by atoms with Crippen molar-refractivity contribution in [2.24, 2.45) is 0 Å². The maximum atomic E-state index is 12.8. The van der Waals surface area contributed by atoms with E-state index >= 15 is 0 Å². The molecule has 0 fully saturated rings. The molecule has 8 heteroatoms. The number of anilines is 1. The van der Waals surface area contributed by atoms with Crippen molar-refractivity contribution >= 4 is 38.6 Å². The monoisotopic (exact) mass is 422 g/mol. The minimum atomic E-state index is -0.239. The molecule has 0 atom stereocenters. The van der Waals surface area contributed by atoms with Gasteiger partial charge in [0.05, 0.1) is 33.8 Å². The van der Waals surface area contributed by atoms with E-state index in [4.69, 9.17) is 0 Å². The van der Waals surface area contributed by atoms with E-state index in [-0.39, 0.29) is 5.91 Å². The smallest absolute Gasteiger partial charge is 0.255 e.